The van der Waals surface area contributed by atoms with Crippen molar-refractivity contribution in [1.29, 1.82) is 0 Å². The van der Waals surface area contributed by atoms with E-state index in [1.807, 2.05) is 0 Å². The number of nitrogens with one attached hydrogen (secondary N) is 1. The SMILES string of the molecule is Nc1cnc(C(F)(F)F)cc1NCC1(CO)CCCC1. The fraction of sp³-hybridized carbons (Fsp3) is 0.615. The van der Waals surface area contributed by atoms with E-state index >= 15 is 0 Å². The molecule has 1 aliphatic carbocycles. The number of nitrogens with zero attached hydrogens (tertiary/aromatic N) is 1. The lowest BCUT2D eigenvalue weighted by Crippen LogP contribution is -2.30. The van der Waals surface area contributed by atoms with Gasteiger partial charge in [-0.25, -0.2) is 4.98 Å². The van der Waals surface area contributed by atoms with Crippen molar-refractivity contribution in [2.24, 2.45) is 5.41 Å². The summed E-state index contributed by atoms with van der Waals surface area (Å²) < 4.78 is 37.8. The molecule has 0 amide bonds. The van der Waals surface area contributed by atoms with Crippen LogP contribution in [0.4, 0.5) is 24.5 Å². The number of rotatable bonds is 4. The maximum Gasteiger partial charge on any atom is 0.433 e. The molecule has 2 rings (SSSR count). The fourth-order valence-corrected chi connectivity index (χ4v) is 2.57. The molecule has 4 nitrogen and oxygen atoms in total. The molecule has 0 radical (unpaired) electrons. The fourth-order valence-electron chi connectivity index (χ4n) is 2.57. The molecule has 7 heteroatoms. The van der Waals surface area contributed by atoms with Crippen LogP contribution in [0.2, 0.25) is 0 Å². The van der Waals surface area contributed by atoms with Gasteiger partial charge < -0.3 is 16.2 Å². The Bertz CT molecular complexity index is 470. The first-order valence-corrected chi connectivity index (χ1v) is 6.54. The van der Waals surface area contributed by atoms with Crippen LogP contribution in [-0.2, 0) is 6.18 Å². The molecule has 0 aliphatic heterocycles. The number of pyridine rings is 1. The highest BCUT2D eigenvalue weighted by Gasteiger charge is 2.35. The van der Waals surface area contributed by atoms with Crippen LogP contribution in [0.15, 0.2) is 12.3 Å². The molecule has 0 saturated heterocycles. The van der Waals surface area contributed by atoms with E-state index in [1.165, 1.54) is 0 Å². The molecule has 112 valence electrons. The lowest BCUT2D eigenvalue weighted by Gasteiger charge is -2.27. The van der Waals surface area contributed by atoms with E-state index in [0.717, 1.165) is 37.9 Å². The van der Waals surface area contributed by atoms with E-state index in [-0.39, 0.29) is 23.4 Å². The van der Waals surface area contributed by atoms with E-state index in [4.69, 9.17) is 5.73 Å². The van der Waals surface area contributed by atoms with Gasteiger partial charge in [-0.05, 0) is 18.9 Å². The van der Waals surface area contributed by atoms with Crippen LogP contribution in [0.5, 0.6) is 0 Å². The average Bonchev–Trinajstić information content (AvgIpc) is 2.86. The van der Waals surface area contributed by atoms with Crippen molar-refractivity contribution in [1.82, 2.24) is 4.98 Å². The van der Waals surface area contributed by atoms with Gasteiger partial charge in [0.2, 0.25) is 0 Å². The number of anilines is 2. The molecule has 4 N–H and O–H groups in total. The second kappa shape index (κ2) is 5.47. The minimum atomic E-state index is -4.49. The molecular formula is C13H18F3N3O. The van der Waals surface area contributed by atoms with Gasteiger partial charge in [-0.15, -0.1) is 0 Å². The van der Waals surface area contributed by atoms with E-state index in [9.17, 15) is 18.3 Å². The third-order valence-corrected chi connectivity index (χ3v) is 3.88. The summed E-state index contributed by atoms with van der Waals surface area (Å²) in [5, 5.41) is 12.4. The third-order valence-electron chi connectivity index (χ3n) is 3.88. The van der Waals surface area contributed by atoms with Crippen LogP contribution in [-0.4, -0.2) is 23.2 Å². The van der Waals surface area contributed by atoms with Crippen LogP contribution in [0.25, 0.3) is 0 Å². The number of halogens is 3. The minimum absolute atomic E-state index is 0.0249. The van der Waals surface area contributed by atoms with Crippen LogP contribution >= 0.6 is 0 Å². The van der Waals surface area contributed by atoms with Crippen LogP contribution in [0.3, 0.4) is 0 Å². The van der Waals surface area contributed by atoms with Gasteiger partial charge in [0.25, 0.3) is 0 Å². The number of aliphatic hydroxyl groups is 1. The maximum atomic E-state index is 12.6. The Kier molecular flexibility index (Phi) is 4.08. The van der Waals surface area contributed by atoms with Gasteiger partial charge in [-0.3, -0.25) is 0 Å². The summed E-state index contributed by atoms with van der Waals surface area (Å²) in [5.41, 5.74) is 4.80. The number of nitrogen functional groups attached to an aromatic ring is 1. The normalized spacial score (nSPS) is 18.2. The highest BCUT2D eigenvalue weighted by molar-refractivity contribution is 5.65. The topological polar surface area (TPSA) is 71.2 Å². The van der Waals surface area contributed by atoms with E-state index in [1.54, 1.807) is 0 Å². The zero-order valence-corrected chi connectivity index (χ0v) is 11.0. The summed E-state index contributed by atoms with van der Waals surface area (Å²) >= 11 is 0. The Labute approximate surface area is 115 Å². The molecule has 1 aromatic rings. The molecule has 1 aromatic heterocycles. The molecule has 20 heavy (non-hydrogen) atoms. The molecule has 1 saturated carbocycles. The summed E-state index contributed by atoms with van der Waals surface area (Å²) in [6, 6.07) is 0.912. The first-order chi connectivity index (χ1) is 9.36. The lowest BCUT2D eigenvalue weighted by molar-refractivity contribution is -0.141. The van der Waals surface area contributed by atoms with Crippen molar-refractivity contribution in [3.05, 3.63) is 18.0 Å². The zero-order valence-electron chi connectivity index (χ0n) is 11.0. The van der Waals surface area contributed by atoms with Gasteiger partial charge in [0, 0.05) is 12.0 Å². The van der Waals surface area contributed by atoms with Crippen molar-refractivity contribution in [3.8, 4) is 0 Å². The van der Waals surface area contributed by atoms with Crippen molar-refractivity contribution >= 4 is 11.4 Å². The monoisotopic (exact) mass is 289 g/mol. The Morgan fingerprint density at radius 1 is 1.35 bits per heavy atom. The number of alkyl halides is 3. The van der Waals surface area contributed by atoms with Crippen molar-refractivity contribution in [3.63, 3.8) is 0 Å². The summed E-state index contributed by atoms with van der Waals surface area (Å²) in [5.74, 6) is 0. The van der Waals surface area contributed by atoms with Gasteiger partial charge in [0.05, 0.1) is 24.2 Å². The second-order valence-corrected chi connectivity index (χ2v) is 5.37. The number of aliphatic hydroxyl groups excluding tert-OH is 1. The molecule has 0 atom stereocenters. The third kappa shape index (κ3) is 3.15. The van der Waals surface area contributed by atoms with Crippen molar-refractivity contribution < 1.29 is 18.3 Å². The summed E-state index contributed by atoms with van der Waals surface area (Å²) in [4.78, 5) is 3.29. The van der Waals surface area contributed by atoms with Gasteiger partial charge >= 0.3 is 6.18 Å². The van der Waals surface area contributed by atoms with Gasteiger partial charge in [0.1, 0.15) is 5.69 Å². The van der Waals surface area contributed by atoms with Crippen molar-refractivity contribution in [2.45, 2.75) is 31.9 Å². The Balaban J connectivity index is 2.12. The quantitative estimate of drug-likeness (QED) is 0.797. The standard InChI is InChI=1S/C13H18F3N3O/c14-13(15,16)11-5-10(9(17)6-18-11)19-7-12(8-20)3-1-2-4-12/h5-6,20H,1-4,7-8,17H2,(H,18,19). The van der Waals surface area contributed by atoms with Gasteiger partial charge in [-0.1, -0.05) is 12.8 Å². The summed E-state index contributed by atoms with van der Waals surface area (Å²) in [7, 11) is 0. The van der Waals surface area contributed by atoms with E-state index < -0.39 is 11.9 Å². The molecule has 1 aliphatic rings. The maximum absolute atomic E-state index is 12.6. The van der Waals surface area contributed by atoms with Crippen LogP contribution in [0, 0.1) is 5.41 Å². The van der Waals surface area contributed by atoms with Crippen molar-refractivity contribution in [2.75, 3.05) is 24.2 Å². The van der Waals surface area contributed by atoms with E-state index in [2.05, 4.69) is 10.3 Å². The predicted molar refractivity (Wildman–Crippen MR) is 70.1 cm³/mol. The molecule has 1 heterocycles. The smallest absolute Gasteiger partial charge is 0.396 e. The largest absolute Gasteiger partial charge is 0.433 e. The highest BCUT2D eigenvalue weighted by Crippen LogP contribution is 2.38. The Morgan fingerprint density at radius 2 is 2.00 bits per heavy atom. The van der Waals surface area contributed by atoms with E-state index in [0.29, 0.717) is 6.54 Å². The molecular weight excluding hydrogens is 271 g/mol. The number of nitrogens with two attached hydrogens (primary N) is 1. The Morgan fingerprint density at radius 3 is 2.55 bits per heavy atom. The zero-order chi connectivity index (χ0) is 14.8. The molecule has 0 bridgehead atoms. The molecule has 0 unspecified atom stereocenters. The van der Waals surface area contributed by atoms with Gasteiger partial charge in [-0.2, -0.15) is 13.2 Å². The van der Waals surface area contributed by atoms with Gasteiger partial charge in [0.15, 0.2) is 0 Å². The summed E-state index contributed by atoms with van der Waals surface area (Å²) in [6.45, 7) is 0.437. The lowest BCUT2D eigenvalue weighted by atomic mass is 9.87. The van der Waals surface area contributed by atoms with Crippen LogP contribution < -0.4 is 11.1 Å². The first-order valence-electron chi connectivity index (χ1n) is 6.54. The number of hydrogen-bond donors (Lipinski definition) is 3. The molecule has 1 fully saturated rings. The molecule has 0 aromatic carbocycles. The minimum Gasteiger partial charge on any atom is -0.396 e. The number of hydrogen-bond acceptors (Lipinski definition) is 4. The average molecular weight is 289 g/mol. The highest BCUT2D eigenvalue weighted by atomic mass is 19.4. The molecule has 0 spiro atoms. The number of aromatic nitrogens is 1. The predicted octanol–water partition coefficient (Wildman–Crippen LogP) is 2.65. The summed E-state index contributed by atoms with van der Waals surface area (Å²) in [6.07, 6.45) is 0.308. The Hall–Kier alpha value is -1.50. The second-order valence-electron chi connectivity index (χ2n) is 5.37. The first kappa shape index (κ1) is 14.9. The van der Waals surface area contributed by atoms with Crippen LogP contribution in [0.1, 0.15) is 31.4 Å².